The Bertz CT molecular complexity index is 566. The minimum Gasteiger partial charge on any atom is -0.393 e. The largest absolute Gasteiger partial charge is 0.393 e. The van der Waals surface area contributed by atoms with E-state index in [0.717, 1.165) is 44.6 Å². The summed E-state index contributed by atoms with van der Waals surface area (Å²) >= 11 is 0. The summed E-state index contributed by atoms with van der Waals surface area (Å²) in [7, 11) is 0. The number of anilines is 1. The third kappa shape index (κ3) is 2.67. The molecule has 1 N–H and O–H groups in total. The maximum absolute atomic E-state index is 13.9. The van der Waals surface area contributed by atoms with E-state index in [0.29, 0.717) is 12.2 Å². The lowest BCUT2D eigenvalue weighted by atomic mass is 9.80. The molecule has 0 amide bonds. The zero-order valence-electron chi connectivity index (χ0n) is 12.4. The quantitative estimate of drug-likeness (QED) is 0.687. The molecule has 3 rings (SSSR count). The molecule has 0 aromatic heterocycles. The molecule has 5 nitrogen and oxygen atoms in total. The van der Waals surface area contributed by atoms with Crippen LogP contribution in [0.25, 0.3) is 0 Å². The first-order valence-electron chi connectivity index (χ1n) is 7.97. The molecular weight excluding hydrogens is 287 g/mol. The van der Waals surface area contributed by atoms with Crippen LogP contribution in [0.4, 0.5) is 15.8 Å². The van der Waals surface area contributed by atoms with Crippen LogP contribution in [0.2, 0.25) is 0 Å². The molecule has 0 radical (unpaired) electrons. The van der Waals surface area contributed by atoms with Gasteiger partial charge in [-0.2, -0.15) is 4.39 Å². The lowest BCUT2D eigenvalue weighted by molar-refractivity contribution is -0.386. The Hall–Kier alpha value is -1.69. The topological polar surface area (TPSA) is 66.6 Å². The highest BCUT2D eigenvalue weighted by Crippen LogP contribution is 2.40. The summed E-state index contributed by atoms with van der Waals surface area (Å²) in [4.78, 5) is 12.5. The van der Waals surface area contributed by atoms with Crippen molar-refractivity contribution in [2.45, 2.75) is 50.7 Å². The third-order valence-electron chi connectivity index (χ3n) is 5.03. The Balaban J connectivity index is 1.93. The molecule has 1 saturated carbocycles. The Morgan fingerprint density at radius 3 is 2.73 bits per heavy atom. The SMILES string of the molecule is O=[N+]([O-])c1c(F)cccc1N1CCC[C@@H]1[C@H]1CCCC[C@H]1O. The molecule has 1 aliphatic heterocycles. The molecule has 0 unspecified atom stereocenters. The van der Waals surface area contributed by atoms with E-state index < -0.39 is 16.4 Å². The number of nitro groups is 1. The van der Waals surface area contributed by atoms with Gasteiger partial charge in [-0.3, -0.25) is 10.1 Å². The van der Waals surface area contributed by atoms with Gasteiger partial charge < -0.3 is 10.0 Å². The fourth-order valence-electron chi connectivity index (χ4n) is 4.04. The highest BCUT2D eigenvalue weighted by Gasteiger charge is 2.39. The molecule has 0 bridgehead atoms. The van der Waals surface area contributed by atoms with Gasteiger partial charge in [0.15, 0.2) is 0 Å². The molecule has 120 valence electrons. The van der Waals surface area contributed by atoms with Crippen molar-refractivity contribution < 1.29 is 14.4 Å². The summed E-state index contributed by atoms with van der Waals surface area (Å²) in [6, 6.07) is 4.33. The predicted octanol–water partition coefficient (Wildman–Crippen LogP) is 3.25. The van der Waals surface area contributed by atoms with Gasteiger partial charge in [0, 0.05) is 18.5 Å². The van der Waals surface area contributed by atoms with Gasteiger partial charge in [0.25, 0.3) is 0 Å². The number of halogens is 1. The highest BCUT2D eigenvalue weighted by atomic mass is 19.1. The van der Waals surface area contributed by atoms with E-state index in [-0.39, 0.29) is 18.1 Å². The number of hydrogen-bond donors (Lipinski definition) is 1. The second-order valence-corrected chi connectivity index (χ2v) is 6.28. The van der Waals surface area contributed by atoms with Gasteiger partial charge in [-0.25, -0.2) is 0 Å². The second-order valence-electron chi connectivity index (χ2n) is 6.28. The molecule has 6 heteroatoms. The van der Waals surface area contributed by atoms with Crippen molar-refractivity contribution in [1.29, 1.82) is 0 Å². The van der Waals surface area contributed by atoms with Crippen LogP contribution in [-0.2, 0) is 0 Å². The second kappa shape index (κ2) is 6.20. The fraction of sp³-hybridized carbons (Fsp3) is 0.625. The number of hydrogen-bond acceptors (Lipinski definition) is 4. The average Bonchev–Trinajstić information content (AvgIpc) is 2.96. The number of rotatable bonds is 3. The van der Waals surface area contributed by atoms with Gasteiger partial charge in [0.2, 0.25) is 5.82 Å². The molecule has 1 saturated heterocycles. The van der Waals surface area contributed by atoms with Gasteiger partial charge in [0.1, 0.15) is 5.69 Å². The molecule has 2 fully saturated rings. The van der Waals surface area contributed by atoms with Crippen LogP contribution >= 0.6 is 0 Å². The summed E-state index contributed by atoms with van der Waals surface area (Å²) in [5, 5.41) is 21.5. The highest BCUT2D eigenvalue weighted by molar-refractivity contribution is 5.65. The van der Waals surface area contributed by atoms with E-state index in [1.807, 2.05) is 4.90 Å². The fourth-order valence-corrected chi connectivity index (χ4v) is 4.04. The maximum Gasteiger partial charge on any atom is 0.327 e. The number of para-hydroxylation sites is 1. The molecule has 3 atom stereocenters. The van der Waals surface area contributed by atoms with Crippen molar-refractivity contribution in [2.24, 2.45) is 5.92 Å². The molecule has 1 aromatic carbocycles. The van der Waals surface area contributed by atoms with Gasteiger partial charge in [-0.1, -0.05) is 18.9 Å². The maximum atomic E-state index is 13.9. The van der Waals surface area contributed by atoms with Crippen molar-refractivity contribution in [2.75, 3.05) is 11.4 Å². The van der Waals surface area contributed by atoms with Crippen molar-refractivity contribution in [3.8, 4) is 0 Å². The van der Waals surface area contributed by atoms with E-state index in [1.54, 1.807) is 6.07 Å². The summed E-state index contributed by atoms with van der Waals surface area (Å²) in [5.41, 5.74) is -0.0926. The third-order valence-corrected chi connectivity index (χ3v) is 5.03. The van der Waals surface area contributed by atoms with Crippen molar-refractivity contribution in [3.63, 3.8) is 0 Å². The average molecular weight is 308 g/mol. The van der Waals surface area contributed by atoms with Gasteiger partial charge >= 0.3 is 5.69 Å². The lowest BCUT2D eigenvalue weighted by Crippen LogP contribution is -2.43. The molecule has 1 heterocycles. The van der Waals surface area contributed by atoms with E-state index in [4.69, 9.17) is 0 Å². The van der Waals surface area contributed by atoms with Crippen molar-refractivity contribution in [1.82, 2.24) is 0 Å². The zero-order chi connectivity index (χ0) is 15.7. The lowest BCUT2D eigenvalue weighted by Gasteiger charge is -2.38. The van der Waals surface area contributed by atoms with Crippen LogP contribution in [0.15, 0.2) is 18.2 Å². The van der Waals surface area contributed by atoms with Crippen LogP contribution in [-0.4, -0.2) is 28.7 Å². The first-order valence-corrected chi connectivity index (χ1v) is 7.97. The van der Waals surface area contributed by atoms with Crippen molar-refractivity contribution in [3.05, 3.63) is 34.1 Å². The predicted molar refractivity (Wildman–Crippen MR) is 81.4 cm³/mol. The minimum absolute atomic E-state index is 0.0656. The number of aliphatic hydroxyl groups is 1. The first kappa shape index (κ1) is 15.2. The van der Waals surface area contributed by atoms with Gasteiger partial charge in [-0.05, 0) is 37.8 Å². The molecule has 2 aliphatic rings. The smallest absolute Gasteiger partial charge is 0.327 e. The number of nitro benzene ring substituents is 1. The zero-order valence-corrected chi connectivity index (χ0v) is 12.4. The molecular formula is C16H21FN2O3. The number of nitrogens with zero attached hydrogens (tertiary/aromatic N) is 2. The van der Waals surface area contributed by atoms with Crippen LogP contribution in [0.3, 0.4) is 0 Å². The molecule has 22 heavy (non-hydrogen) atoms. The first-order chi connectivity index (χ1) is 10.6. The Kier molecular flexibility index (Phi) is 4.29. The van der Waals surface area contributed by atoms with Crippen LogP contribution in [0.1, 0.15) is 38.5 Å². The monoisotopic (exact) mass is 308 g/mol. The summed E-state index contributed by atoms with van der Waals surface area (Å²) in [5.74, 6) is -0.670. The molecule has 1 aromatic rings. The Morgan fingerprint density at radius 2 is 2.00 bits per heavy atom. The Labute approximate surface area is 128 Å². The van der Waals surface area contributed by atoms with E-state index >= 15 is 0 Å². The van der Waals surface area contributed by atoms with Crippen LogP contribution in [0.5, 0.6) is 0 Å². The van der Waals surface area contributed by atoms with E-state index in [9.17, 15) is 19.6 Å². The molecule has 0 spiro atoms. The standard InChI is InChI=1S/C16H21FN2O3/c17-12-6-3-7-14(16(12)19(21)22)18-10-4-8-13(18)11-5-1-2-9-15(11)20/h3,6-7,11,13,15,20H,1-2,4-5,8-10H2/t11-,13-,15-/m1/s1. The van der Waals surface area contributed by atoms with Crippen LogP contribution < -0.4 is 4.90 Å². The molecule has 1 aliphatic carbocycles. The summed E-state index contributed by atoms with van der Waals surface area (Å²) in [6.07, 6.45) is 5.30. The van der Waals surface area contributed by atoms with E-state index in [2.05, 4.69) is 0 Å². The van der Waals surface area contributed by atoms with Gasteiger partial charge in [0.05, 0.1) is 11.0 Å². The van der Waals surface area contributed by atoms with E-state index in [1.165, 1.54) is 6.07 Å². The minimum atomic E-state index is -0.794. The summed E-state index contributed by atoms with van der Waals surface area (Å²) < 4.78 is 13.9. The van der Waals surface area contributed by atoms with Crippen molar-refractivity contribution >= 4 is 11.4 Å². The number of benzene rings is 1. The number of aliphatic hydroxyl groups excluding tert-OH is 1. The Morgan fingerprint density at radius 1 is 1.23 bits per heavy atom. The summed E-state index contributed by atoms with van der Waals surface area (Å²) in [6.45, 7) is 0.679. The van der Waals surface area contributed by atoms with Gasteiger partial charge in [-0.15, -0.1) is 0 Å². The van der Waals surface area contributed by atoms with Crippen LogP contribution in [0, 0.1) is 21.8 Å². The normalized spacial score (nSPS) is 28.8.